The summed E-state index contributed by atoms with van der Waals surface area (Å²) in [5.41, 5.74) is 5.70. The van der Waals surface area contributed by atoms with Crippen molar-refractivity contribution in [2.75, 3.05) is 20.2 Å². The van der Waals surface area contributed by atoms with Crippen LogP contribution in [-0.4, -0.2) is 43.2 Å². The lowest BCUT2D eigenvalue weighted by Gasteiger charge is -2.38. The van der Waals surface area contributed by atoms with E-state index in [-0.39, 0.29) is 30.5 Å². The molecule has 0 saturated carbocycles. The van der Waals surface area contributed by atoms with Gasteiger partial charge in [-0.05, 0) is 19.3 Å². The number of hydrogen-bond donors (Lipinski definition) is 1. The summed E-state index contributed by atoms with van der Waals surface area (Å²) in [6.45, 7) is 3.35. The van der Waals surface area contributed by atoms with Crippen molar-refractivity contribution in [1.29, 1.82) is 0 Å². The molecule has 5 heteroatoms. The summed E-state index contributed by atoms with van der Waals surface area (Å²) in [5, 5.41) is 0. The zero-order valence-corrected chi connectivity index (χ0v) is 11.0. The molecular formula is C11H23ClN2O2. The number of rotatable bonds is 4. The summed E-state index contributed by atoms with van der Waals surface area (Å²) in [7, 11) is 1.72. The second-order valence-corrected chi connectivity index (χ2v) is 4.11. The van der Waals surface area contributed by atoms with Gasteiger partial charge in [-0.2, -0.15) is 0 Å². The Morgan fingerprint density at radius 1 is 1.56 bits per heavy atom. The highest BCUT2D eigenvalue weighted by Crippen LogP contribution is 2.20. The second-order valence-electron chi connectivity index (χ2n) is 4.11. The Balaban J connectivity index is 0.00000225. The highest BCUT2D eigenvalue weighted by molar-refractivity contribution is 5.85. The molecule has 96 valence electrons. The molecule has 1 aliphatic heterocycles. The molecule has 0 aromatic heterocycles. The summed E-state index contributed by atoms with van der Waals surface area (Å²) in [6.07, 6.45) is 3.61. The molecule has 0 aromatic rings. The molecule has 2 atom stereocenters. The van der Waals surface area contributed by atoms with E-state index in [9.17, 15) is 4.79 Å². The Morgan fingerprint density at radius 3 is 2.75 bits per heavy atom. The van der Waals surface area contributed by atoms with Gasteiger partial charge in [0.25, 0.3) is 0 Å². The van der Waals surface area contributed by atoms with E-state index < -0.39 is 0 Å². The summed E-state index contributed by atoms with van der Waals surface area (Å²) in [6, 6.07) is 0.169. The fraction of sp³-hybridized carbons (Fsp3) is 0.909. The largest absolute Gasteiger partial charge is 0.381 e. The van der Waals surface area contributed by atoms with Crippen LogP contribution >= 0.6 is 12.4 Å². The fourth-order valence-electron chi connectivity index (χ4n) is 2.14. The minimum absolute atomic E-state index is 0. The SMILES string of the molecule is CCCC(=O)N1CCC(OC)CC1CN.Cl. The van der Waals surface area contributed by atoms with E-state index in [1.165, 1.54) is 0 Å². The normalized spacial score (nSPS) is 25.1. The van der Waals surface area contributed by atoms with Crippen LogP contribution in [0.1, 0.15) is 32.6 Å². The lowest BCUT2D eigenvalue weighted by Crippen LogP contribution is -2.51. The lowest BCUT2D eigenvalue weighted by atomic mass is 9.98. The third-order valence-corrected chi connectivity index (χ3v) is 3.06. The maximum atomic E-state index is 11.8. The number of likely N-dealkylation sites (tertiary alicyclic amines) is 1. The molecule has 0 radical (unpaired) electrons. The third-order valence-electron chi connectivity index (χ3n) is 3.06. The van der Waals surface area contributed by atoms with Gasteiger partial charge in [-0.25, -0.2) is 0 Å². The molecule has 16 heavy (non-hydrogen) atoms. The molecule has 1 fully saturated rings. The van der Waals surface area contributed by atoms with Gasteiger partial charge in [0, 0.05) is 32.7 Å². The minimum atomic E-state index is 0. The number of carbonyl (C=O) groups is 1. The van der Waals surface area contributed by atoms with Crippen LogP contribution in [0, 0.1) is 0 Å². The molecule has 2 N–H and O–H groups in total. The van der Waals surface area contributed by atoms with Crippen LogP contribution in [0.4, 0.5) is 0 Å². The van der Waals surface area contributed by atoms with Crippen molar-refractivity contribution in [2.45, 2.75) is 44.8 Å². The Labute approximate surface area is 104 Å². The number of halogens is 1. The van der Waals surface area contributed by atoms with E-state index in [0.29, 0.717) is 13.0 Å². The molecule has 0 spiro atoms. The summed E-state index contributed by atoms with van der Waals surface area (Å²) in [5.74, 6) is 0.238. The van der Waals surface area contributed by atoms with E-state index >= 15 is 0 Å². The number of methoxy groups -OCH3 is 1. The first kappa shape index (κ1) is 15.7. The van der Waals surface area contributed by atoms with Gasteiger partial charge < -0.3 is 15.4 Å². The number of nitrogens with two attached hydrogens (primary N) is 1. The number of hydrogen-bond acceptors (Lipinski definition) is 3. The van der Waals surface area contributed by atoms with Gasteiger partial charge in [-0.3, -0.25) is 4.79 Å². The summed E-state index contributed by atoms with van der Waals surface area (Å²) in [4.78, 5) is 13.7. The van der Waals surface area contributed by atoms with Gasteiger partial charge >= 0.3 is 0 Å². The molecule has 1 saturated heterocycles. The van der Waals surface area contributed by atoms with E-state index in [1.54, 1.807) is 7.11 Å². The Hall–Kier alpha value is -0.320. The lowest BCUT2D eigenvalue weighted by molar-refractivity contribution is -0.136. The van der Waals surface area contributed by atoms with Crippen molar-refractivity contribution < 1.29 is 9.53 Å². The van der Waals surface area contributed by atoms with Crippen molar-refractivity contribution in [3.63, 3.8) is 0 Å². The Kier molecular flexibility index (Phi) is 7.72. The van der Waals surface area contributed by atoms with E-state index in [2.05, 4.69) is 0 Å². The van der Waals surface area contributed by atoms with Gasteiger partial charge in [-0.15, -0.1) is 12.4 Å². The predicted octanol–water partition coefficient (Wildman–Crippen LogP) is 1.17. The smallest absolute Gasteiger partial charge is 0.222 e. The van der Waals surface area contributed by atoms with Crippen LogP contribution in [0.2, 0.25) is 0 Å². The van der Waals surface area contributed by atoms with Crippen molar-refractivity contribution in [2.24, 2.45) is 5.73 Å². The van der Waals surface area contributed by atoms with Crippen molar-refractivity contribution >= 4 is 18.3 Å². The first-order valence-corrected chi connectivity index (χ1v) is 5.75. The molecule has 0 bridgehead atoms. The third kappa shape index (κ3) is 3.92. The number of nitrogens with zero attached hydrogens (tertiary/aromatic N) is 1. The average Bonchev–Trinajstić information content (AvgIpc) is 2.28. The summed E-state index contributed by atoms with van der Waals surface area (Å²) < 4.78 is 5.32. The molecule has 2 unspecified atom stereocenters. The molecule has 1 amide bonds. The second kappa shape index (κ2) is 7.87. The quantitative estimate of drug-likeness (QED) is 0.815. The maximum absolute atomic E-state index is 11.8. The van der Waals surface area contributed by atoms with E-state index in [4.69, 9.17) is 10.5 Å². The van der Waals surface area contributed by atoms with Gasteiger partial charge in [0.15, 0.2) is 0 Å². The van der Waals surface area contributed by atoms with Crippen LogP contribution in [0.15, 0.2) is 0 Å². The van der Waals surface area contributed by atoms with E-state index in [0.717, 1.165) is 25.8 Å². The zero-order valence-electron chi connectivity index (χ0n) is 10.1. The zero-order chi connectivity index (χ0) is 11.3. The van der Waals surface area contributed by atoms with Gasteiger partial charge in [-0.1, -0.05) is 6.92 Å². The molecule has 1 heterocycles. The fourth-order valence-corrected chi connectivity index (χ4v) is 2.14. The topological polar surface area (TPSA) is 55.6 Å². The predicted molar refractivity (Wildman–Crippen MR) is 66.7 cm³/mol. The molecular weight excluding hydrogens is 228 g/mol. The van der Waals surface area contributed by atoms with E-state index in [1.807, 2.05) is 11.8 Å². The number of carbonyl (C=O) groups excluding carboxylic acids is 1. The molecule has 0 aromatic carbocycles. The van der Waals surface area contributed by atoms with Gasteiger partial charge in [0.2, 0.25) is 5.91 Å². The van der Waals surface area contributed by atoms with Crippen molar-refractivity contribution in [3.05, 3.63) is 0 Å². The Bertz CT molecular complexity index is 214. The molecule has 1 aliphatic rings. The van der Waals surface area contributed by atoms with Gasteiger partial charge in [0.1, 0.15) is 0 Å². The van der Waals surface area contributed by atoms with Gasteiger partial charge in [0.05, 0.1) is 6.10 Å². The maximum Gasteiger partial charge on any atom is 0.222 e. The first-order valence-electron chi connectivity index (χ1n) is 5.75. The average molecular weight is 251 g/mol. The van der Waals surface area contributed by atoms with Crippen LogP contribution in [0.5, 0.6) is 0 Å². The highest BCUT2D eigenvalue weighted by atomic mass is 35.5. The number of amides is 1. The molecule has 0 aliphatic carbocycles. The highest BCUT2D eigenvalue weighted by Gasteiger charge is 2.29. The van der Waals surface area contributed by atoms with Crippen LogP contribution in [0.25, 0.3) is 0 Å². The van der Waals surface area contributed by atoms with Crippen molar-refractivity contribution in [1.82, 2.24) is 4.90 Å². The van der Waals surface area contributed by atoms with Crippen molar-refractivity contribution in [3.8, 4) is 0 Å². The first-order chi connectivity index (χ1) is 7.22. The standard InChI is InChI=1S/C11H22N2O2.ClH/c1-3-4-11(14)13-6-5-10(15-2)7-9(13)8-12;/h9-10H,3-8,12H2,1-2H3;1H. The summed E-state index contributed by atoms with van der Waals surface area (Å²) >= 11 is 0. The minimum Gasteiger partial charge on any atom is -0.381 e. The Morgan fingerprint density at radius 2 is 2.25 bits per heavy atom. The monoisotopic (exact) mass is 250 g/mol. The van der Waals surface area contributed by atoms with Crippen LogP contribution in [-0.2, 0) is 9.53 Å². The molecule has 4 nitrogen and oxygen atoms in total. The number of piperidine rings is 1. The van der Waals surface area contributed by atoms with Crippen LogP contribution in [0.3, 0.4) is 0 Å². The molecule has 1 rings (SSSR count). The van der Waals surface area contributed by atoms with Crippen LogP contribution < -0.4 is 5.73 Å². The number of ether oxygens (including phenoxy) is 1.